The predicted octanol–water partition coefficient (Wildman–Crippen LogP) is 2.69. The molecule has 2 heteroatoms. The van der Waals surface area contributed by atoms with Gasteiger partial charge in [-0.1, -0.05) is 54.6 Å². The minimum absolute atomic E-state index is 0.0684. The molecule has 19 heavy (non-hydrogen) atoms. The lowest BCUT2D eigenvalue weighted by Crippen LogP contribution is -2.29. The van der Waals surface area contributed by atoms with Crippen LogP contribution >= 0.6 is 0 Å². The number of hydrogen-bond donors (Lipinski definition) is 1. The largest absolute Gasteiger partial charge is 0.355 e. The molecule has 2 aromatic rings. The van der Waals surface area contributed by atoms with Gasteiger partial charge in [0.1, 0.15) is 0 Å². The Kier molecular flexibility index (Phi) is 3.32. The van der Waals surface area contributed by atoms with Crippen molar-refractivity contribution in [2.45, 2.75) is 18.8 Å². The van der Waals surface area contributed by atoms with Crippen LogP contribution < -0.4 is 5.32 Å². The van der Waals surface area contributed by atoms with Crippen molar-refractivity contribution in [3.63, 3.8) is 0 Å². The molecule has 2 aromatic carbocycles. The molecule has 0 aromatic heterocycles. The molecule has 0 saturated carbocycles. The molecule has 1 amide bonds. The summed E-state index contributed by atoms with van der Waals surface area (Å²) in [5.41, 5.74) is 3.68. The van der Waals surface area contributed by atoms with Gasteiger partial charge in [0.25, 0.3) is 0 Å². The van der Waals surface area contributed by atoms with Crippen LogP contribution in [0, 0.1) is 0 Å². The van der Waals surface area contributed by atoms with Crippen LogP contribution in [0.3, 0.4) is 0 Å². The smallest absolute Gasteiger partial charge is 0.227 e. The minimum Gasteiger partial charge on any atom is -0.355 e. The van der Waals surface area contributed by atoms with Crippen molar-refractivity contribution < 1.29 is 4.79 Å². The summed E-state index contributed by atoms with van der Waals surface area (Å²) in [5.74, 6) is 0.0786. The van der Waals surface area contributed by atoms with E-state index in [1.807, 2.05) is 30.3 Å². The Morgan fingerprint density at radius 3 is 2.58 bits per heavy atom. The lowest BCUT2D eigenvalue weighted by atomic mass is 9.88. The maximum Gasteiger partial charge on any atom is 0.227 e. The number of hydrogen-bond acceptors (Lipinski definition) is 1. The Labute approximate surface area is 113 Å². The van der Waals surface area contributed by atoms with Crippen LogP contribution in [0.2, 0.25) is 0 Å². The lowest BCUT2D eigenvalue weighted by molar-refractivity contribution is -0.122. The van der Waals surface area contributed by atoms with E-state index in [1.54, 1.807) is 0 Å². The maximum atomic E-state index is 12.3. The van der Waals surface area contributed by atoms with E-state index in [1.165, 1.54) is 16.7 Å². The van der Waals surface area contributed by atoms with E-state index in [4.69, 9.17) is 0 Å². The van der Waals surface area contributed by atoms with Crippen molar-refractivity contribution in [1.29, 1.82) is 0 Å². The van der Waals surface area contributed by atoms with Crippen LogP contribution in [-0.2, 0) is 17.6 Å². The second-order valence-electron chi connectivity index (χ2n) is 4.98. The first-order chi connectivity index (χ1) is 9.34. The van der Waals surface area contributed by atoms with Gasteiger partial charge in [-0.15, -0.1) is 0 Å². The normalized spacial score (nSPS) is 18.3. The summed E-state index contributed by atoms with van der Waals surface area (Å²) in [7, 11) is 0. The second kappa shape index (κ2) is 5.27. The standard InChI is InChI=1S/C17H17NO/c19-17-16(12-13-6-2-1-3-7-13)15-9-5-4-8-14(15)10-11-18-17/h1-9,16H,10-12H2,(H,18,19)/t16-/m1/s1. The second-order valence-corrected chi connectivity index (χ2v) is 4.98. The van der Waals surface area contributed by atoms with E-state index >= 15 is 0 Å². The minimum atomic E-state index is -0.0684. The zero-order chi connectivity index (χ0) is 13.1. The highest BCUT2D eigenvalue weighted by Gasteiger charge is 2.25. The molecule has 1 N–H and O–H groups in total. The fraction of sp³-hybridized carbons (Fsp3) is 0.235. The Morgan fingerprint density at radius 2 is 1.74 bits per heavy atom. The average Bonchev–Trinajstić information content (AvgIpc) is 2.61. The molecule has 1 heterocycles. The highest BCUT2D eigenvalue weighted by molar-refractivity contribution is 5.85. The number of benzene rings is 2. The fourth-order valence-electron chi connectivity index (χ4n) is 2.74. The number of fused-ring (bicyclic) bond motifs is 1. The molecule has 3 rings (SSSR count). The maximum absolute atomic E-state index is 12.3. The van der Waals surface area contributed by atoms with Crippen LogP contribution in [-0.4, -0.2) is 12.5 Å². The molecule has 1 aliphatic heterocycles. The van der Waals surface area contributed by atoms with E-state index in [2.05, 4.69) is 29.6 Å². The molecular formula is C17H17NO. The third-order valence-corrected chi connectivity index (χ3v) is 3.72. The third-order valence-electron chi connectivity index (χ3n) is 3.72. The molecule has 1 atom stereocenters. The van der Waals surface area contributed by atoms with Crippen molar-refractivity contribution in [1.82, 2.24) is 5.32 Å². The van der Waals surface area contributed by atoms with Crippen molar-refractivity contribution in [2.75, 3.05) is 6.54 Å². The Hall–Kier alpha value is -2.09. The van der Waals surface area contributed by atoms with Gasteiger partial charge in [-0.2, -0.15) is 0 Å². The van der Waals surface area contributed by atoms with Crippen molar-refractivity contribution in [2.24, 2.45) is 0 Å². The summed E-state index contributed by atoms with van der Waals surface area (Å²) in [4.78, 5) is 12.3. The molecule has 2 nitrogen and oxygen atoms in total. The summed E-state index contributed by atoms with van der Waals surface area (Å²) in [5, 5.41) is 3.02. The van der Waals surface area contributed by atoms with Gasteiger partial charge in [0.05, 0.1) is 5.92 Å². The molecule has 1 aliphatic rings. The summed E-state index contributed by atoms with van der Waals surface area (Å²) < 4.78 is 0. The van der Waals surface area contributed by atoms with E-state index in [-0.39, 0.29) is 11.8 Å². The van der Waals surface area contributed by atoms with E-state index in [0.717, 1.165) is 19.4 Å². The summed E-state index contributed by atoms with van der Waals surface area (Å²) in [6.45, 7) is 0.737. The van der Waals surface area contributed by atoms with Gasteiger partial charge >= 0.3 is 0 Å². The first-order valence-electron chi connectivity index (χ1n) is 6.74. The average molecular weight is 251 g/mol. The molecular weight excluding hydrogens is 234 g/mol. The number of carbonyl (C=O) groups excluding carboxylic acids is 1. The molecule has 96 valence electrons. The lowest BCUT2D eigenvalue weighted by Gasteiger charge is -2.16. The first kappa shape index (κ1) is 12.0. The number of nitrogens with one attached hydrogen (secondary N) is 1. The SMILES string of the molecule is O=C1NCCc2ccccc2[C@H]1Cc1ccccc1. The van der Waals surface area contributed by atoms with Gasteiger partial charge in [0, 0.05) is 6.54 Å². The molecule has 0 aliphatic carbocycles. The van der Waals surface area contributed by atoms with E-state index < -0.39 is 0 Å². The quantitative estimate of drug-likeness (QED) is 0.873. The monoisotopic (exact) mass is 251 g/mol. The number of rotatable bonds is 2. The summed E-state index contributed by atoms with van der Waals surface area (Å²) >= 11 is 0. The highest BCUT2D eigenvalue weighted by Crippen LogP contribution is 2.26. The Balaban J connectivity index is 1.96. The van der Waals surface area contributed by atoms with E-state index in [9.17, 15) is 4.79 Å². The van der Waals surface area contributed by atoms with Gasteiger partial charge < -0.3 is 5.32 Å². The van der Waals surface area contributed by atoms with Gasteiger partial charge in [-0.25, -0.2) is 0 Å². The zero-order valence-corrected chi connectivity index (χ0v) is 10.8. The highest BCUT2D eigenvalue weighted by atomic mass is 16.1. The first-order valence-corrected chi connectivity index (χ1v) is 6.74. The number of amides is 1. The molecule has 0 spiro atoms. The Bertz CT molecular complexity index is 577. The summed E-state index contributed by atoms with van der Waals surface area (Å²) in [6.07, 6.45) is 1.69. The molecule has 0 fully saturated rings. The van der Waals surface area contributed by atoms with Crippen LogP contribution in [0.5, 0.6) is 0 Å². The van der Waals surface area contributed by atoms with Crippen LogP contribution in [0.15, 0.2) is 54.6 Å². The van der Waals surface area contributed by atoms with Crippen LogP contribution in [0.4, 0.5) is 0 Å². The zero-order valence-electron chi connectivity index (χ0n) is 10.8. The molecule has 0 bridgehead atoms. The molecule has 0 radical (unpaired) electrons. The van der Waals surface area contributed by atoms with Gasteiger partial charge in [0.15, 0.2) is 0 Å². The molecule has 0 saturated heterocycles. The van der Waals surface area contributed by atoms with Crippen LogP contribution in [0.25, 0.3) is 0 Å². The van der Waals surface area contributed by atoms with E-state index in [0.29, 0.717) is 0 Å². The predicted molar refractivity (Wildman–Crippen MR) is 76.0 cm³/mol. The van der Waals surface area contributed by atoms with Crippen molar-refractivity contribution in [3.05, 3.63) is 71.3 Å². The van der Waals surface area contributed by atoms with Gasteiger partial charge in [-0.05, 0) is 29.5 Å². The van der Waals surface area contributed by atoms with Gasteiger partial charge in [0.2, 0.25) is 5.91 Å². The third kappa shape index (κ3) is 2.53. The van der Waals surface area contributed by atoms with Crippen molar-refractivity contribution in [3.8, 4) is 0 Å². The Morgan fingerprint density at radius 1 is 1.00 bits per heavy atom. The fourth-order valence-corrected chi connectivity index (χ4v) is 2.74. The van der Waals surface area contributed by atoms with Gasteiger partial charge in [-0.3, -0.25) is 4.79 Å². The van der Waals surface area contributed by atoms with Crippen molar-refractivity contribution >= 4 is 5.91 Å². The van der Waals surface area contributed by atoms with Crippen LogP contribution in [0.1, 0.15) is 22.6 Å². The molecule has 0 unspecified atom stereocenters. The summed E-state index contributed by atoms with van der Waals surface area (Å²) in [6, 6.07) is 18.5. The topological polar surface area (TPSA) is 29.1 Å². The number of carbonyl (C=O) groups is 1.